The third-order valence-corrected chi connectivity index (χ3v) is 12.9. The third kappa shape index (κ3) is 6.92. The van der Waals surface area contributed by atoms with E-state index < -0.39 is 20.5 Å². The summed E-state index contributed by atoms with van der Waals surface area (Å²) in [6, 6.07) is 53.0. The van der Waals surface area contributed by atoms with E-state index >= 15 is 0 Å². The standard InChI is InChI=1S/C52H37N5O4S/c1-33-22-24-38(25-23-33)62(60,61)32-39-50-48(36-18-10-4-11-19-36)44-30-28-42(54-44)46(34-14-6-2-7-15-34)40-26-27-41(53-40)47(35-16-8-3-9-17-35)43-29-31-45(55-43)49(37-20-12-5-13-21-37)51(56-50)52(39)57(58)59/h2-31,54-55H,32H2,1H3. The fraction of sp³-hybridized carbons (Fsp3) is 0.0385. The van der Waals surface area contributed by atoms with Gasteiger partial charge >= 0.3 is 5.70 Å². The van der Waals surface area contributed by atoms with Crippen molar-refractivity contribution in [3.05, 3.63) is 208 Å². The topological polar surface area (TPSA) is 135 Å². The van der Waals surface area contributed by atoms with Crippen molar-refractivity contribution in [1.82, 2.24) is 19.9 Å². The van der Waals surface area contributed by atoms with Crippen LogP contribution in [0.2, 0.25) is 0 Å². The van der Waals surface area contributed by atoms with E-state index in [1.54, 1.807) is 24.3 Å². The lowest BCUT2D eigenvalue weighted by Crippen LogP contribution is -2.11. The van der Waals surface area contributed by atoms with E-state index in [2.05, 4.69) is 9.97 Å². The molecule has 0 radical (unpaired) electrons. The summed E-state index contributed by atoms with van der Waals surface area (Å²) in [4.78, 5) is 31.2. The van der Waals surface area contributed by atoms with Gasteiger partial charge in [0.25, 0.3) is 0 Å². The number of fused-ring (bicyclic) bond motifs is 8. The summed E-state index contributed by atoms with van der Waals surface area (Å²) in [5, 5.41) is 13.8. The van der Waals surface area contributed by atoms with Gasteiger partial charge in [-0.1, -0.05) is 139 Å². The molecule has 5 heterocycles. The molecule has 0 fully saturated rings. The average molecular weight is 828 g/mol. The number of hydrogen-bond donors (Lipinski definition) is 2. The largest absolute Gasteiger partial charge is 0.354 e. The van der Waals surface area contributed by atoms with Crippen molar-refractivity contribution < 1.29 is 13.3 Å². The lowest BCUT2D eigenvalue weighted by atomic mass is 9.99. The van der Waals surface area contributed by atoms with Crippen LogP contribution in [0.4, 0.5) is 0 Å². The molecular weight excluding hydrogens is 791 g/mol. The summed E-state index contributed by atoms with van der Waals surface area (Å²) in [6.45, 7) is 1.88. The Balaban J connectivity index is 1.43. The van der Waals surface area contributed by atoms with Crippen LogP contribution in [0.25, 0.3) is 90.0 Å². The van der Waals surface area contributed by atoms with Crippen LogP contribution in [0, 0.1) is 17.0 Å². The van der Waals surface area contributed by atoms with Gasteiger partial charge in [-0.2, -0.15) is 0 Å². The Labute approximate surface area is 357 Å². The van der Waals surface area contributed by atoms with Crippen LogP contribution < -0.4 is 0 Å². The zero-order valence-corrected chi connectivity index (χ0v) is 34.2. The zero-order chi connectivity index (χ0) is 42.4. The van der Waals surface area contributed by atoms with Gasteiger partial charge in [-0.3, -0.25) is 10.1 Å². The van der Waals surface area contributed by atoms with Gasteiger partial charge in [0.1, 0.15) is 0 Å². The molecule has 5 aromatic carbocycles. The maximum Gasteiger partial charge on any atom is 0.301 e. The number of sulfone groups is 1. The van der Waals surface area contributed by atoms with Crippen LogP contribution in [0.5, 0.6) is 0 Å². The van der Waals surface area contributed by atoms with Crippen LogP contribution in [0.3, 0.4) is 0 Å². The number of nitro groups is 1. The van der Waals surface area contributed by atoms with Gasteiger partial charge in [0.2, 0.25) is 0 Å². The number of nitrogens with one attached hydrogen (secondary N) is 2. The molecule has 0 amide bonds. The fourth-order valence-electron chi connectivity index (χ4n) is 8.38. The van der Waals surface area contributed by atoms with E-state index in [1.165, 1.54) is 0 Å². The van der Waals surface area contributed by atoms with Crippen LogP contribution in [0.1, 0.15) is 28.3 Å². The summed E-state index contributed by atoms with van der Waals surface area (Å²) in [5.41, 5.74) is 10.6. The highest BCUT2D eigenvalue weighted by molar-refractivity contribution is 7.91. The van der Waals surface area contributed by atoms with E-state index in [1.807, 2.05) is 165 Å². The Morgan fingerprint density at radius 2 is 0.887 bits per heavy atom. The van der Waals surface area contributed by atoms with Crippen molar-refractivity contribution in [2.45, 2.75) is 11.8 Å². The van der Waals surface area contributed by atoms with Crippen molar-refractivity contribution in [1.29, 1.82) is 0 Å². The smallest absolute Gasteiger partial charge is 0.301 e. The molecule has 0 spiro atoms. The van der Waals surface area contributed by atoms with Crippen LogP contribution in [0.15, 0.2) is 175 Å². The minimum absolute atomic E-state index is 0.0178. The van der Waals surface area contributed by atoms with Crippen molar-refractivity contribution in [3.63, 3.8) is 0 Å². The second kappa shape index (κ2) is 15.6. The Morgan fingerprint density at radius 3 is 1.31 bits per heavy atom. The highest BCUT2D eigenvalue weighted by atomic mass is 32.2. The van der Waals surface area contributed by atoms with Gasteiger partial charge in [-0.25, -0.2) is 18.4 Å². The highest BCUT2D eigenvalue weighted by Gasteiger charge is 2.38. The Bertz CT molecular complexity index is 3400. The van der Waals surface area contributed by atoms with Crippen LogP contribution in [-0.4, -0.2) is 39.0 Å². The molecule has 9 nitrogen and oxygen atoms in total. The lowest BCUT2D eigenvalue weighted by molar-refractivity contribution is -0.374. The second-order valence-electron chi connectivity index (χ2n) is 15.2. The number of hydrogen-bond acceptors (Lipinski definition) is 6. The molecule has 8 bridgehead atoms. The summed E-state index contributed by atoms with van der Waals surface area (Å²) in [7, 11) is -4.15. The molecule has 2 N–H and O–H groups in total. The number of aromatic amines is 2. The second-order valence-corrected chi connectivity index (χ2v) is 17.2. The number of aryl methyl sites for hydroxylation is 1. The first kappa shape index (κ1) is 38.3. The number of H-pyrrole nitrogens is 2. The SMILES string of the molecule is Cc1ccc(S(=O)(=O)CC2=C([N+](=O)[O-])c3nc2c(-c2ccccc2)c2ccc([nH]2)c(-c2ccccc2)c2nc(c(-c4ccccc4)c4ccc([nH]4)c3-c3ccccc3)C=C2)cc1. The van der Waals surface area contributed by atoms with E-state index in [0.717, 1.165) is 50.2 Å². The minimum Gasteiger partial charge on any atom is -0.354 e. The van der Waals surface area contributed by atoms with Crippen molar-refractivity contribution in [3.8, 4) is 44.5 Å². The molecule has 62 heavy (non-hydrogen) atoms. The molecule has 2 aliphatic heterocycles. The summed E-state index contributed by atoms with van der Waals surface area (Å²) in [5.74, 6) is -0.677. The van der Waals surface area contributed by atoms with Gasteiger partial charge in [-0.05, 0) is 77.7 Å². The Morgan fingerprint density at radius 1 is 0.500 bits per heavy atom. The molecule has 0 saturated heterocycles. The molecule has 0 saturated carbocycles. The summed E-state index contributed by atoms with van der Waals surface area (Å²) >= 11 is 0. The molecule has 2 aliphatic rings. The molecule has 8 aromatic rings. The van der Waals surface area contributed by atoms with Gasteiger partial charge in [0.15, 0.2) is 15.5 Å². The maximum atomic E-state index is 14.5. The predicted octanol–water partition coefficient (Wildman–Crippen LogP) is 12.1. The first-order valence-electron chi connectivity index (χ1n) is 20.1. The number of nitrogens with zero attached hydrogens (tertiary/aromatic N) is 3. The minimum atomic E-state index is -4.15. The third-order valence-electron chi connectivity index (χ3n) is 11.2. The van der Waals surface area contributed by atoms with Crippen LogP contribution >= 0.6 is 0 Å². The zero-order valence-electron chi connectivity index (χ0n) is 33.4. The molecule has 3 aromatic heterocycles. The van der Waals surface area contributed by atoms with E-state index in [9.17, 15) is 18.5 Å². The van der Waals surface area contributed by atoms with Crippen LogP contribution in [-0.2, 0) is 9.84 Å². The average Bonchev–Trinajstić information content (AvgIpc) is 4.13. The first-order valence-corrected chi connectivity index (χ1v) is 21.8. The van der Waals surface area contributed by atoms with Gasteiger partial charge < -0.3 is 9.97 Å². The van der Waals surface area contributed by atoms with E-state index in [0.29, 0.717) is 33.3 Å². The Hall–Kier alpha value is -7.95. The van der Waals surface area contributed by atoms with Gasteiger partial charge in [0.05, 0.1) is 38.2 Å². The lowest BCUT2D eigenvalue weighted by Gasteiger charge is -2.10. The molecule has 0 aliphatic carbocycles. The van der Waals surface area contributed by atoms with Crippen molar-refractivity contribution in [2.24, 2.45) is 0 Å². The van der Waals surface area contributed by atoms with Gasteiger partial charge in [0, 0.05) is 44.3 Å². The number of rotatable bonds is 8. The number of aromatic nitrogens is 4. The van der Waals surface area contributed by atoms with E-state index in [4.69, 9.17) is 9.97 Å². The number of benzene rings is 5. The first-order chi connectivity index (χ1) is 30.2. The molecule has 300 valence electrons. The quantitative estimate of drug-likeness (QED) is 0.116. The van der Waals surface area contributed by atoms with Crippen molar-refractivity contribution >= 4 is 55.3 Å². The molecular formula is C52H37N5O4S. The fourth-order valence-corrected chi connectivity index (χ4v) is 9.75. The molecule has 0 unspecified atom stereocenters. The monoisotopic (exact) mass is 827 g/mol. The summed E-state index contributed by atoms with van der Waals surface area (Å²) < 4.78 is 29.1. The Kier molecular flexibility index (Phi) is 9.61. The molecule has 10 heteroatoms. The normalized spacial score (nSPS) is 12.5. The highest BCUT2D eigenvalue weighted by Crippen LogP contribution is 2.44. The van der Waals surface area contributed by atoms with Gasteiger partial charge in [-0.15, -0.1) is 0 Å². The summed E-state index contributed by atoms with van der Waals surface area (Å²) in [6.07, 6.45) is 4.04. The van der Waals surface area contributed by atoms with E-state index in [-0.39, 0.29) is 27.6 Å². The predicted molar refractivity (Wildman–Crippen MR) is 249 cm³/mol. The maximum absolute atomic E-state index is 14.5. The molecule has 0 atom stereocenters. The molecule has 10 rings (SSSR count). The van der Waals surface area contributed by atoms with Crippen molar-refractivity contribution in [2.75, 3.05) is 5.75 Å².